The first-order chi connectivity index (χ1) is 11.6. The van der Waals surface area contributed by atoms with Crippen molar-refractivity contribution in [1.82, 2.24) is 14.9 Å². The van der Waals surface area contributed by atoms with E-state index in [0.717, 1.165) is 11.3 Å². The van der Waals surface area contributed by atoms with E-state index >= 15 is 0 Å². The molecule has 4 nitrogen and oxygen atoms in total. The van der Waals surface area contributed by atoms with Crippen LogP contribution < -0.4 is 5.32 Å². The second kappa shape index (κ2) is 7.07. The van der Waals surface area contributed by atoms with Crippen LogP contribution in [0.4, 0.5) is 0 Å². The van der Waals surface area contributed by atoms with Gasteiger partial charge in [-0.1, -0.05) is 41.4 Å². The maximum absolute atomic E-state index is 12.4. The first-order valence-corrected chi connectivity index (χ1v) is 8.15. The molecule has 6 heteroatoms. The highest BCUT2D eigenvalue weighted by atomic mass is 35.5. The van der Waals surface area contributed by atoms with Crippen LogP contribution in [0.15, 0.2) is 61.2 Å². The van der Waals surface area contributed by atoms with Crippen LogP contribution in [0.25, 0.3) is 5.69 Å². The summed E-state index contributed by atoms with van der Waals surface area (Å²) in [5.74, 6) is -0.256. The largest absolute Gasteiger partial charge is 0.345 e. The molecule has 0 spiro atoms. The maximum Gasteiger partial charge on any atom is 0.253 e. The van der Waals surface area contributed by atoms with Crippen LogP contribution in [0, 0.1) is 0 Å². The summed E-state index contributed by atoms with van der Waals surface area (Å²) in [4.78, 5) is 16.4. The Hall–Kier alpha value is -2.30. The molecule has 24 heavy (non-hydrogen) atoms. The fourth-order valence-electron chi connectivity index (χ4n) is 2.38. The SMILES string of the molecule is CC(NC(=O)c1cccc(Cl)c1Cl)c1ccc(-n2ccnc2)cc1. The van der Waals surface area contributed by atoms with E-state index in [1.54, 1.807) is 30.7 Å². The summed E-state index contributed by atoms with van der Waals surface area (Å²) in [5.41, 5.74) is 2.36. The molecule has 0 aliphatic heterocycles. The third-order valence-electron chi connectivity index (χ3n) is 3.74. The fraction of sp³-hybridized carbons (Fsp3) is 0.111. The number of aromatic nitrogens is 2. The normalized spacial score (nSPS) is 12.0. The number of nitrogens with zero attached hydrogens (tertiary/aromatic N) is 2. The molecule has 0 saturated heterocycles. The lowest BCUT2D eigenvalue weighted by Gasteiger charge is -2.16. The van der Waals surface area contributed by atoms with E-state index in [-0.39, 0.29) is 17.0 Å². The molecule has 1 unspecified atom stereocenters. The third kappa shape index (κ3) is 3.45. The van der Waals surface area contributed by atoms with E-state index in [1.165, 1.54) is 0 Å². The standard InChI is InChI=1S/C18H15Cl2N3O/c1-12(22-18(24)15-3-2-4-16(19)17(15)20)13-5-7-14(8-6-13)23-10-9-21-11-23/h2-12H,1H3,(H,22,24). The predicted molar refractivity (Wildman–Crippen MR) is 95.9 cm³/mol. The second-order valence-corrected chi connectivity index (χ2v) is 6.14. The highest BCUT2D eigenvalue weighted by molar-refractivity contribution is 6.43. The van der Waals surface area contributed by atoms with Gasteiger partial charge in [-0.25, -0.2) is 4.98 Å². The van der Waals surface area contributed by atoms with Crippen molar-refractivity contribution < 1.29 is 4.79 Å². The summed E-state index contributed by atoms with van der Waals surface area (Å²) in [6.45, 7) is 1.92. The first kappa shape index (κ1) is 16.6. The Balaban J connectivity index is 1.73. The Morgan fingerprint density at radius 1 is 1.17 bits per heavy atom. The number of rotatable bonds is 4. The lowest BCUT2D eigenvalue weighted by molar-refractivity contribution is 0.0940. The molecule has 122 valence electrons. The van der Waals surface area contributed by atoms with Crippen LogP contribution in [0.3, 0.4) is 0 Å². The lowest BCUT2D eigenvalue weighted by Crippen LogP contribution is -2.26. The van der Waals surface area contributed by atoms with Crippen molar-refractivity contribution in [2.45, 2.75) is 13.0 Å². The minimum atomic E-state index is -0.256. The fourth-order valence-corrected chi connectivity index (χ4v) is 2.77. The van der Waals surface area contributed by atoms with Crippen molar-refractivity contribution in [3.63, 3.8) is 0 Å². The average molecular weight is 360 g/mol. The Kier molecular flexibility index (Phi) is 4.88. The first-order valence-electron chi connectivity index (χ1n) is 7.39. The van der Waals surface area contributed by atoms with Crippen molar-refractivity contribution in [2.24, 2.45) is 0 Å². The van der Waals surface area contributed by atoms with Gasteiger partial charge in [0.2, 0.25) is 0 Å². The second-order valence-electron chi connectivity index (χ2n) is 5.36. The molecule has 0 fully saturated rings. The van der Waals surface area contributed by atoms with Crippen molar-refractivity contribution in [2.75, 3.05) is 0 Å². The molecule has 1 atom stereocenters. The molecule has 0 aliphatic carbocycles. The monoisotopic (exact) mass is 359 g/mol. The summed E-state index contributed by atoms with van der Waals surface area (Å²) >= 11 is 12.1. The zero-order chi connectivity index (χ0) is 17.1. The summed E-state index contributed by atoms with van der Waals surface area (Å²) in [6.07, 6.45) is 5.34. The number of nitrogens with one attached hydrogen (secondary N) is 1. The molecule has 2 aromatic carbocycles. The minimum absolute atomic E-state index is 0.163. The molecule has 1 heterocycles. The Labute approximate surface area is 150 Å². The zero-order valence-electron chi connectivity index (χ0n) is 12.9. The van der Waals surface area contributed by atoms with Gasteiger partial charge < -0.3 is 9.88 Å². The topological polar surface area (TPSA) is 46.9 Å². The zero-order valence-corrected chi connectivity index (χ0v) is 14.4. The van der Waals surface area contributed by atoms with Crippen molar-refractivity contribution in [3.8, 4) is 5.69 Å². The molecule has 3 aromatic rings. The molecular weight excluding hydrogens is 345 g/mol. The lowest BCUT2D eigenvalue weighted by atomic mass is 10.1. The molecule has 1 amide bonds. The van der Waals surface area contributed by atoms with Gasteiger partial charge in [-0.2, -0.15) is 0 Å². The minimum Gasteiger partial charge on any atom is -0.345 e. The number of carbonyl (C=O) groups is 1. The summed E-state index contributed by atoms with van der Waals surface area (Å²) in [5, 5.41) is 3.56. The van der Waals surface area contributed by atoms with Crippen LogP contribution in [-0.2, 0) is 0 Å². The van der Waals surface area contributed by atoms with Crippen molar-refractivity contribution >= 4 is 29.1 Å². The molecule has 0 radical (unpaired) electrons. The highest BCUT2D eigenvalue weighted by Gasteiger charge is 2.15. The number of hydrogen-bond acceptors (Lipinski definition) is 2. The number of halogens is 2. The molecule has 0 saturated carbocycles. The van der Waals surface area contributed by atoms with Gasteiger partial charge in [0.25, 0.3) is 5.91 Å². The quantitative estimate of drug-likeness (QED) is 0.735. The number of carbonyl (C=O) groups excluding carboxylic acids is 1. The number of imidazole rings is 1. The Morgan fingerprint density at radius 2 is 1.92 bits per heavy atom. The summed E-state index contributed by atoms with van der Waals surface area (Å²) < 4.78 is 1.92. The van der Waals surface area contributed by atoms with E-state index in [4.69, 9.17) is 23.2 Å². The van der Waals surface area contributed by atoms with Gasteiger partial charge in [0, 0.05) is 18.1 Å². The molecule has 1 aromatic heterocycles. The summed E-state index contributed by atoms with van der Waals surface area (Å²) in [7, 11) is 0. The van der Waals surface area contributed by atoms with Crippen LogP contribution in [-0.4, -0.2) is 15.5 Å². The number of benzene rings is 2. The van der Waals surface area contributed by atoms with E-state index in [0.29, 0.717) is 10.6 Å². The molecule has 0 bridgehead atoms. The van der Waals surface area contributed by atoms with Gasteiger partial charge in [0.15, 0.2) is 0 Å². The smallest absolute Gasteiger partial charge is 0.253 e. The highest BCUT2D eigenvalue weighted by Crippen LogP contribution is 2.26. The van der Waals surface area contributed by atoms with Crippen molar-refractivity contribution in [1.29, 1.82) is 0 Å². The van der Waals surface area contributed by atoms with Crippen LogP contribution in [0.1, 0.15) is 28.9 Å². The molecule has 0 aliphatic rings. The van der Waals surface area contributed by atoms with Crippen LogP contribution in [0.2, 0.25) is 10.0 Å². The van der Waals surface area contributed by atoms with Gasteiger partial charge in [0.05, 0.1) is 28.0 Å². The predicted octanol–water partition coefficient (Wildman–Crippen LogP) is 4.67. The maximum atomic E-state index is 12.4. The Morgan fingerprint density at radius 3 is 2.58 bits per heavy atom. The molecule has 3 rings (SSSR count). The number of hydrogen-bond donors (Lipinski definition) is 1. The van der Waals surface area contributed by atoms with Crippen LogP contribution >= 0.6 is 23.2 Å². The van der Waals surface area contributed by atoms with E-state index in [9.17, 15) is 4.79 Å². The number of amides is 1. The van der Waals surface area contributed by atoms with Gasteiger partial charge in [-0.05, 0) is 36.8 Å². The third-order valence-corrected chi connectivity index (χ3v) is 4.56. The van der Waals surface area contributed by atoms with Crippen molar-refractivity contribution in [3.05, 3.63) is 82.4 Å². The summed E-state index contributed by atoms with van der Waals surface area (Å²) in [6, 6.07) is 12.7. The Bertz CT molecular complexity index is 845. The van der Waals surface area contributed by atoms with E-state index in [1.807, 2.05) is 42.0 Å². The van der Waals surface area contributed by atoms with Gasteiger partial charge in [-0.15, -0.1) is 0 Å². The molecule has 1 N–H and O–H groups in total. The average Bonchev–Trinajstić information content (AvgIpc) is 3.12. The molecular formula is C18H15Cl2N3O. The van der Waals surface area contributed by atoms with Gasteiger partial charge >= 0.3 is 0 Å². The van der Waals surface area contributed by atoms with E-state index in [2.05, 4.69) is 10.3 Å². The van der Waals surface area contributed by atoms with Gasteiger partial charge in [-0.3, -0.25) is 4.79 Å². The van der Waals surface area contributed by atoms with Crippen LogP contribution in [0.5, 0.6) is 0 Å². The van der Waals surface area contributed by atoms with E-state index < -0.39 is 0 Å². The van der Waals surface area contributed by atoms with Gasteiger partial charge in [0.1, 0.15) is 0 Å².